The Morgan fingerprint density at radius 2 is 0.779 bits per heavy atom. The fraction of sp³-hybridized carbons (Fsp3) is 0.598. The monoisotopic (exact) mass is 1940 g/mol. The molecule has 131 heavy (non-hydrogen) atoms. The fourth-order valence-corrected chi connectivity index (χ4v) is 19.2. The van der Waals surface area contributed by atoms with E-state index in [0.717, 1.165) is 47.1 Å². The number of ether oxygens (including phenoxy) is 10. The van der Waals surface area contributed by atoms with E-state index in [1.165, 1.54) is 69.6 Å². The van der Waals surface area contributed by atoms with Gasteiger partial charge in [0.2, 0.25) is 0 Å². The molecule has 18 atom stereocenters. The molecular weight excluding hydrogens is 1830 g/mol. The number of anilines is 3. The number of rotatable bonds is 31. The van der Waals surface area contributed by atoms with Crippen molar-refractivity contribution in [3.05, 3.63) is 159 Å². The third kappa shape index (κ3) is 26.4. The summed E-state index contributed by atoms with van der Waals surface area (Å²) in [4.78, 5) is 85.0. The number of halogens is 7. The molecule has 3 unspecified atom stereocenters. The predicted molar refractivity (Wildman–Crippen MR) is 457 cm³/mol. The summed E-state index contributed by atoms with van der Waals surface area (Å²) >= 11 is 5.81. The molecule has 13 rings (SSSR count). The van der Waals surface area contributed by atoms with Crippen molar-refractivity contribution in [3.63, 3.8) is 0 Å². The number of hydrogen-bond acceptors (Lipinski definition) is 33. The first-order chi connectivity index (χ1) is 61.2. The summed E-state index contributed by atoms with van der Waals surface area (Å²) in [6.45, 7) is 14.6. The number of hydrogen-bond donors (Lipinski definition) is 9. The highest BCUT2D eigenvalue weighted by atomic mass is 35.7. The molecule has 3 aromatic carbocycles. The second-order valence-electron chi connectivity index (χ2n) is 35.8. The smallest absolute Gasteiger partial charge is 0.459 e. The van der Waals surface area contributed by atoms with Gasteiger partial charge >= 0.3 is 57.3 Å². The van der Waals surface area contributed by atoms with Gasteiger partial charge in [0.25, 0.3) is 19.3 Å². The van der Waals surface area contributed by atoms with Crippen molar-refractivity contribution in [1.29, 1.82) is 0 Å². The lowest BCUT2D eigenvalue weighted by Crippen LogP contribution is -2.53. The van der Waals surface area contributed by atoms with E-state index in [9.17, 15) is 75.3 Å². The van der Waals surface area contributed by atoms with Gasteiger partial charge in [0.15, 0.2) is 47.1 Å². The van der Waals surface area contributed by atoms with Crippen LogP contribution in [0.3, 0.4) is 0 Å². The zero-order valence-corrected chi connectivity index (χ0v) is 77.2. The van der Waals surface area contributed by atoms with E-state index >= 15 is 8.78 Å². The average molecular weight is 1940 g/mol. The standard InChI is InChI=1S/C29H39F2N4O9P.C24H33F2N4O9P.C15H19F2N3O5.C14H21ClNO4P/c1-18(24(36)39-16-27(2,3)4)34-45(38,44-19-10-6-5-7-11-19)40-17-29(25(30)31)22-21(41-28(42-22)13-8-9-14-28)23(43-29)35-15-12-20(32)33-26(35)37;1-14(20(33)36-12-23(2,3)4)29-40(35,39-15-8-6-5-7-9-15)37-13-24(21(25)26)18(32)17(31)19(38-24)30-11-10-16(27)28-22(30)34;16-12(17)15(7-21)10-9(23-14(24-10)4-1-2-5-14)11(25-15)20-6-3-8(18)19-13(20)22;1-11(13(17)19-10-14(2,3)4)16-21(15,18)20-12-8-6-5-7-9-12/h5-7,10-12,15,18,21-23,25H,8-9,13-14,16-17H2,1-4H3,(H,34,38)(H2,32,33,37);5-11,14,17-19,21,31-32H,12-13H2,1-4H3,(H,29,35)(H2,27,28,34);3,6,9-12,21H,1-2,4-5,7H2,(H2,18,19,22);5-9,11H,10H2,1-4H3,(H,16,18)/t18-,21+,22-,23+,29+,45?;14-,17+,18-,19+,24+,40?;9-,10+,11-,15-;11-,21?/m0010/s1. The molecule has 12 N–H and O–H groups in total. The Labute approximate surface area is 754 Å². The first-order valence-corrected chi connectivity index (χ1v) is 47.3. The van der Waals surface area contributed by atoms with E-state index in [1.54, 1.807) is 66.7 Å². The predicted octanol–water partition coefficient (Wildman–Crippen LogP) is 10.4. The van der Waals surface area contributed by atoms with Gasteiger partial charge in [-0.2, -0.15) is 25.1 Å². The number of aromatic nitrogens is 6. The first-order valence-electron chi connectivity index (χ1n) is 41.7. The molecular formula is C82H112ClF6N12O27P3. The maximum absolute atomic E-state index is 15.3. The molecule has 49 heteroatoms. The van der Waals surface area contributed by atoms with Crippen LogP contribution < -0.4 is 63.1 Å². The number of fused-ring (bicyclic) bond motifs is 2. The van der Waals surface area contributed by atoms with E-state index < -0.39 is 198 Å². The quantitative estimate of drug-likeness (QED) is 0.00845. The zero-order chi connectivity index (χ0) is 96.4. The Kier molecular flexibility index (Phi) is 34.0. The number of para-hydroxylation sites is 3. The molecule has 5 aliphatic heterocycles. The van der Waals surface area contributed by atoms with E-state index in [1.807, 2.05) is 62.3 Å². The van der Waals surface area contributed by atoms with Gasteiger partial charge in [-0.15, -0.1) is 0 Å². The van der Waals surface area contributed by atoms with Crippen LogP contribution in [-0.4, -0.2) is 204 Å². The Hall–Kier alpha value is -8.53. The van der Waals surface area contributed by atoms with Crippen molar-refractivity contribution < 1.29 is 140 Å². The van der Waals surface area contributed by atoms with Crippen molar-refractivity contribution in [2.24, 2.45) is 16.2 Å². The highest BCUT2D eigenvalue weighted by molar-refractivity contribution is 7.84. The zero-order valence-electron chi connectivity index (χ0n) is 73.7. The molecule has 0 radical (unpaired) electrons. The van der Waals surface area contributed by atoms with Gasteiger partial charge in [0.05, 0.1) is 39.6 Å². The number of carbonyl (C=O) groups excluding carboxylic acids is 3. The number of nitrogens with one attached hydrogen (secondary N) is 3. The molecule has 2 saturated carbocycles. The number of nitrogens with zero attached hydrogens (tertiary/aromatic N) is 6. The molecule has 5 saturated heterocycles. The van der Waals surface area contributed by atoms with Gasteiger partial charge in [-0.05, 0) is 117 Å². The summed E-state index contributed by atoms with van der Waals surface area (Å²) in [5.74, 6) is -3.99. The van der Waals surface area contributed by atoms with Crippen molar-refractivity contribution in [2.45, 2.75) is 256 Å². The van der Waals surface area contributed by atoms with Crippen LogP contribution in [-0.2, 0) is 84.5 Å². The van der Waals surface area contributed by atoms with E-state index in [0.29, 0.717) is 36.0 Å². The van der Waals surface area contributed by atoms with Crippen molar-refractivity contribution in [2.75, 3.05) is 56.8 Å². The molecule has 726 valence electrons. The maximum atomic E-state index is 15.3. The van der Waals surface area contributed by atoms with Crippen LogP contribution in [0.1, 0.15) is 153 Å². The molecule has 0 amide bonds. The van der Waals surface area contributed by atoms with Gasteiger partial charge in [-0.3, -0.25) is 37.1 Å². The molecule has 8 heterocycles. The van der Waals surface area contributed by atoms with Crippen molar-refractivity contribution in [1.82, 2.24) is 43.9 Å². The normalized spacial score (nSPS) is 26.8. The Morgan fingerprint density at radius 3 is 1.11 bits per heavy atom. The number of nitrogen functional groups attached to an aromatic ring is 3. The lowest BCUT2D eigenvalue weighted by molar-refractivity contribution is -0.263. The maximum Gasteiger partial charge on any atom is 0.459 e. The van der Waals surface area contributed by atoms with Crippen LogP contribution in [0.15, 0.2) is 142 Å². The van der Waals surface area contributed by atoms with E-state index in [-0.39, 0.29) is 65.0 Å². The van der Waals surface area contributed by atoms with E-state index in [4.69, 9.17) is 98.4 Å². The van der Waals surface area contributed by atoms with Crippen LogP contribution in [0, 0.1) is 16.2 Å². The van der Waals surface area contributed by atoms with E-state index in [2.05, 4.69) is 30.2 Å². The van der Waals surface area contributed by atoms with Gasteiger partial charge in [0.1, 0.15) is 89.5 Å². The highest BCUT2D eigenvalue weighted by Crippen LogP contribution is 2.59. The van der Waals surface area contributed by atoms with Gasteiger partial charge in [-0.1, -0.05) is 117 Å². The molecule has 7 fully saturated rings. The van der Waals surface area contributed by atoms with Gasteiger partial charge < -0.3 is 93.5 Å². The number of carbonyl (C=O) groups is 3. The number of aliphatic hydroxyl groups excluding tert-OH is 3. The minimum absolute atomic E-state index is 0.00462. The average Bonchev–Trinajstić information content (AvgIpc) is 1.56. The number of nitrogens with two attached hydrogens (primary N) is 3. The number of esters is 3. The van der Waals surface area contributed by atoms with Crippen LogP contribution in [0.4, 0.5) is 43.8 Å². The van der Waals surface area contributed by atoms with Gasteiger partial charge in [0, 0.05) is 55.5 Å². The number of benzene rings is 3. The lowest BCUT2D eigenvalue weighted by atomic mass is 9.96. The molecule has 6 aromatic rings. The van der Waals surface area contributed by atoms with Gasteiger partial charge in [-0.25, -0.2) is 59.5 Å². The summed E-state index contributed by atoms with van der Waals surface area (Å²) in [7, 11) is -9.24. The number of alkyl halides is 6. The molecule has 0 bridgehead atoms. The first kappa shape index (κ1) is 105. The fourth-order valence-electron chi connectivity index (χ4n) is 14.4. The number of aliphatic hydroxyl groups is 3. The SMILES string of the molecule is C[C@H](NP(=O)(Cl)Oc1ccccc1)C(=O)OCC(C)(C)C.C[C@H](NP(=O)(OC[C@@]1(C(F)F)O[C@@H](n2ccc(N)nc2=O)[C@@H]2OC3(CCCC3)O[C@@H]21)Oc1ccccc1)C(=O)OCC(C)(C)C.C[C@H](NP(=O)(OC[C@@]1(C(F)F)O[C@@H](n2ccc(N)nc2=O)[C@H](O)[C@@H]1O)Oc1ccccc1)C(=O)OCC(C)(C)C.Nc1ccn([C@@H]2O[C@@](CO)(C(F)F)[C@H]3OC4(CCCC4)O[C@@H]23)c(=O)n1. The summed E-state index contributed by atoms with van der Waals surface area (Å²) in [6, 6.07) is 24.5. The topological polar surface area (TPSA) is 520 Å². The molecule has 7 aliphatic rings. The van der Waals surface area contributed by atoms with Crippen LogP contribution in [0.2, 0.25) is 0 Å². The molecule has 3 aromatic heterocycles. The lowest BCUT2D eigenvalue weighted by Gasteiger charge is -2.35. The Balaban J connectivity index is 0.000000189. The Bertz CT molecular complexity index is 5200. The third-order valence-corrected chi connectivity index (χ3v) is 25.9. The van der Waals surface area contributed by atoms with Crippen LogP contribution in [0.25, 0.3) is 0 Å². The molecule has 2 aliphatic carbocycles. The summed E-state index contributed by atoms with van der Waals surface area (Å²) < 4.78 is 214. The summed E-state index contributed by atoms with van der Waals surface area (Å²) in [6.07, 6.45) is -14.4. The summed E-state index contributed by atoms with van der Waals surface area (Å²) in [5, 5.41) is 38.2. The third-order valence-electron chi connectivity index (χ3n) is 21.0. The van der Waals surface area contributed by atoms with Crippen LogP contribution >= 0.6 is 33.6 Å². The highest BCUT2D eigenvalue weighted by Gasteiger charge is 2.72. The second-order valence-corrected chi connectivity index (χ2v) is 41.9. The van der Waals surface area contributed by atoms with Crippen LogP contribution in [0.5, 0.6) is 17.2 Å². The minimum atomic E-state index is -4.66. The van der Waals surface area contributed by atoms with Crippen molar-refractivity contribution in [3.8, 4) is 17.2 Å². The second kappa shape index (κ2) is 42.6. The molecule has 2 spiro atoms. The summed E-state index contributed by atoms with van der Waals surface area (Å²) in [5.41, 5.74) is 5.28. The Morgan fingerprint density at radius 1 is 0.473 bits per heavy atom. The van der Waals surface area contributed by atoms with Crippen molar-refractivity contribution >= 4 is 69.0 Å². The largest absolute Gasteiger partial charge is 0.464 e. The molecule has 39 nitrogen and oxygen atoms in total. The minimum Gasteiger partial charge on any atom is -0.464 e.